The van der Waals surface area contributed by atoms with E-state index in [0.717, 1.165) is 11.1 Å². The minimum atomic E-state index is -0.288. The largest absolute Gasteiger partial charge is 0.422 e. The molecule has 1 aromatic carbocycles. The summed E-state index contributed by atoms with van der Waals surface area (Å²) in [5.74, 6) is 0.349. The molecule has 16 heavy (non-hydrogen) atoms. The number of hydrogen-bond acceptors (Lipinski definition) is 3. The highest BCUT2D eigenvalue weighted by molar-refractivity contribution is 7.12. The topological polar surface area (TPSA) is 26.3 Å². The third kappa shape index (κ3) is 2.14. The van der Waals surface area contributed by atoms with Gasteiger partial charge in [-0.15, -0.1) is 11.3 Å². The molecule has 1 aromatic heterocycles. The van der Waals surface area contributed by atoms with Crippen LogP contribution in [0.5, 0.6) is 5.75 Å². The van der Waals surface area contributed by atoms with Crippen LogP contribution in [0.2, 0.25) is 0 Å². The van der Waals surface area contributed by atoms with Crippen LogP contribution in [-0.4, -0.2) is 5.97 Å². The lowest BCUT2D eigenvalue weighted by Gasteiger charge is -2.07. The second-order valence-electron chi connectivity index (χ2n) is 3.56. The SMILES string of the molecule is Cc1cccc(OC(=O)c2cccs2)c1C. The lowest BCUT2D eigenvalue weighted by Crippen LogP contribution is -2.07. The number of hydrogen-bond donors (Lipinski definition) is 0. The van der Waals surface area contributed by atoms with E-state index in [1.807, 2.05) is 43.5 Å². The average molecular weight is 232 g/mol. The fourth-order valence-corrected chi connectivity index (χ4v) is 1.98. The van der Waals surface area contributed by atoms with Gasteiger partial charge >= 0.3 is 5.97 Å². The first-order chi connectivity index (χ1) is 7.68. The standard InChI is InChI=1S/C13H12O2S/c1-9-5-3-6-11(10(9)2)15-13(14)12-7-4-8-16-12/h3-8H,1-2H3. The Morgan fingerprint density at radius 3 is 2.69 bits per heavy atom. The number of ether oxygens (including phenoxy) is 1. The van der Waals surface area contributed by atoms with E-state index in [-0.39, 0.29) is 5.97 Å². The first kappa shape index (κ1) is 10.9. The minimum absolute atomic E-state index is 0.288. The first-order valence-electron chi connectivity index (χ1n) is 5.00. The van der Waals surface area contributed by atoms with Gasteiger partial charge in [0, 0.05) is 0 Å². The molecule has 0 fully saturated rings. The Balaban J connectivity index is 2.22. The van der Waals surface area contributed by atoms with Crippen molar-refractivity contribution in [2.24, 2.45) is 0 Å². The molecule has 82 valence electrons. The zero-order valence-corrected chi connectivity index (χ0v) is 10.0. The number of rotatable bonds is 2. The Morgan fingerprint density at radius 2 is 2.00 bits per heavy atom. The summed E-state index contributed by atoms with van der Waals surface area (Å²) < 4.78 is 5.34. The number of esters is 1. The molecule has 0 aliphatic rings. The van der Waals surface area contributed by atoms with Gasteiger partial charge in [0.1, 0.15) is 10.6 Å². The summed E-state index contributed by atoms with van der Waals surface area (Å²) in [6, 6.07) is 9.30. The number of thiophene rings is 1. The van der Waals surface area contributed by atoms with Crippen molar-refractivity contribution in [2.45, 2.75) is 13.8 Å². The van der Waals surface area contributed by atoms with Crippen LogP contribution in [0, 0.1) is 13.8 Å². The van der Waals surface area contributed by atoms with Crippen LogP contribution >= 0.6 is 11.3 Å². The van der Waals surface area contributed by atoms with E-state index in [1.165, 1.54) is 11.3 Å². The van der Waals surface area contributed by atoms with Gasteiger partial charge in [0.05, 0.1) is 0 Å². The van der Waals surface area contributed by atoms with Crippen LogP contribution in [0.1, 0.15) is 20.8 Å². The molecule has 0 radical (unpaired) electrons. The summed E-state index contributed by atoms with van der Waals surface area (Å²) >= 11 is 1.39. The van der Waals surface area contributed by atoms with E-state index in [4.69, 9.17) is 4.74 Å². The van der Waals surface area contributed by atoms with E-state index >= 15 is 0 Å². The van der Waals surface area contributed by atoms with Crippen LogP contribution in [0.4, 0.5) is 0 Å². The Kier molecular flexibility index (Phi) is 3.06. The first-order valence-corrected chi connectivity index (χ1v) is 5.88. The van der Waals surface area contributed by atoms with Crippen molar-refractivity contribution in [1.29, 1.82) is 0 Å². The molecule has 0 aliphatic heterocycles. The van der Waals surface area contributed by atoms with Crippen LogP contribution in [-0.2, 0) is 0 Å². The van der Waals surface area contributed by atoms with Crippen LogP contribution < -0.4 is 4.74 Å². The van der Waals surface area contributed by atoms with Crippen LogP contribution in [0.3, 0.4) is 0 Å². The van der Waals surface area contributed by atoms with Crippen molar-refractivity contribution in [2.75, 3.05) is 0 Å². The van der Waals surface area contributed by atoms with E-state index in [2.05, 4.69) is 0 Å². The van der Waals surface area contributed by atoms with E-state index in [1.54, 1.807) is 6.07 Å². The number of carbonyl (C=O) groups excluding carboxylic acids is 1. The van der Waals surface area contributed by atoms with Gasteiger partial charge in [-0.05, 0) is 42.5 Å². The molecule has 3 heteroatoms. The maximum atomic E-state index is 11.7. The molecule has 2 rings (SSSR count). The maximum absolute atomic E-state index is 11.7. The summed E-state index contributed by atoms with van der Waals surface area (Å²) in [7, 11) is 0. The van der Waals surface area contributed by atoms with Gasteiger partial charge in [-0.2, -0.15) is 0 Å². The average Bonchev–Trinajstić information content (AvgIpc) is 2.78. The monoisotopic (exact) mass is 232 g/mol. The normalized spacial score (nSPS) is 10.1. The Bertz CT molecular complexity index is 501. The van der Waals surface area contributed by atoms with Gasteiger partial charge in [0.15, 0.2) is 0 Å². The lowest BCUT2D eigenvalue weighted by atomic mass is 10.1. The molecule has 1 heterocycles. The van der Waals surface area contributed by atoms with Crippen molar-refractivity contribution < 1.29 is 9.53 Å². The fraction of sp³-hybridized carbons (Fsp3) is 0.154. The van der Waals surface area contributed by atoms with Gasteiger partial charge in [-0.3, -0.25) is 0 Å². The molecular formula is C13H12O2S. The molecule has 0 saturated carbocycles. The van der Waals surface area contributed by atoms with Gasteiger partial charge in [-0.25, -0.2) is 4.79 Å². The lowest BCUT2D eigenvalue weighted by molar-refractivity contribution is 0.0738. The van der Waals surface area contributed by atoms with E-state index in [9.17, 15) is 4.79 Å². The fourth-order valence-electron chi connectivity index (χ4n) is 1.38. The van der Waals surface area contributed by atoms with E-state index in [0.29, 0.717) is 10.6 Å². The number of carbonyl (C=O) groups is 1. The number of aryl methyl sites for hydroxylation is 1. The molecule has 0 unspecified atom stereocenters. The molecule has 2 nitrogen and oxygen atoms in total. The second-order valence-corrected chi connectivity index (χ2v) is 4.51. The molecule has 0 N–H and O–H groups in total. The van der Waals surface area contributed by atoms with Crippen molar-refractivity contribution in [3.8, 4) is 5.75 Å². The van der Waals surface area contributed by atoms with Gasteiger partial charge in [0.2, 0.25) is 0 Å². The Hall–Kier alpha value is -1.61. The molecule has 0 atom stereocenters. The van der Waals surface area contributed by atoms with Crippen molar-refractivity contribution >= 4 is 17.3 Å². The van der Waals surface area contributed by atoms with Gasteiger partial charge in [-0.1, -0.05) is 18.2 Å². The van der Waals surface area contributed by atoms with Gasteiger partial charge < -0.3 is 4.74 Å². The third-order valence-corrected chi connectivity index (χ3v) is 3.33. The predicted molar refractivity (Wildman–Crippen MR) is 65.2 cm³/mol. The zero-order valence-electron chi connectivity index (χ0n) is 9.19. The summed E-state index contributed by atoms with van der Waals surface area (Å²) in [4.78, 5) is 12.4. The molecule has 0 amide bonds. The second kappa shape index (κ2) is 4.49. The Morgan fingerprint density at radius 1 is 1.19 bits per heavy atom. The highest BCUT2D eigenvalue weighted by Gasteiger charge is 2.11. The Labute approximate surface area is 98.5 Å². The third-order valence-electron chi connectivity index (χ3n) is 2.48. The van der Waals surface area contributed by atoms with E-state index < -0.39 is 0 Å². The predicted octanol–water partition coefficient (Wildman–Crippen LogP) is 3.58. The van der Waals surface area contributed by atoms with Crippen LogP contribution in [0.15, 0.2) is 35.7 Å². The molecule has 2 aromatic rings. The summed E-state index contributed by atoms with van der Waals surface area (Å²) in [6.07, 6.45) is 0. The summed E-state index contributed by atoms with van der Waals surface area (Å²) in [5.41, 5.74) is 2.13. The quantitative estimate of drug-likeness (QED) is 0.584. The minimum Gasteiger partial charge on any atom is -0.422 e. The van der Waals surface area contributed by atoms with Crippen molar-refractivity contribution in [3.63, 3.8) is 0 Å². The zero-order chi connectivity index (χ0) is 11.5. The van der Waals surface area contributed by atoms with Crippen molar-refractivity contribution in [1.82, 2.24) is 0 Å². The number of benzene rings is 1. The summed E-state index contributed by atoms with van der Waals surface area (Å²) in [6.45, 7) is 3.95. The highest BCUT2D eigenvalue weighted by Crippen LogP contribution is 2.22. The van der Waals surface area contributed by atoms with Gasteiger partial charge in [0.25, 0.3) is 0 Å². The van der Waals surface area contributed by atoms with Crippen molar-refractivity contribution in [3.05, 3.63) is 51.7 Å². The maximum Gasteiger partial charge on any atom is 0.353 e. The molecular weight excluding hydrogens is 220 g/mol. The smallest absolute Gasteiger partial charge is 0.353 e. The highest BCUT2D eigenvalue weighted by atomic mass is 32.1. The molecule has 0 aliphatic carbocycles. The summed E-state index contributed by atoms with van der Waals surface area (Å²) in [5, 5.41) is 1.86. The van der Waals surface area contributed by atoms with Crippen LogP contribution in [0.25, 0.3) is 0 Å². The molecule has 0 bridgehead atoms. The molecule has 0 spiro atoms. The molecule has 0 saturated heterocycles.